The first kappa shape index (κ1) is 12.8. The van der Waals surface area contributed by atoms with Crippen LogP contribution in [0, 0.1) is 5.92 Å². The molecular weight excluding hydrogens is 218 g/mol. The van der Waals surface area contributed by atoms with Gasteiger partial charge in [-0.1, -0.05) is 19.3 Å². The van der Waals surface area contributed by atoms with Crippen LogP contribution in [0.4, 0.5) is 0 Å². The van der Waals surface area contributed by atoms with Gasteiger partial charge in [-0.05, 0) is 25.7 Å². The van der Waals surface area contributed by atoms with Crippen molar-refractivity contribution in [3.63, 3.8) is 0 Å². The molecule has 1 saturated heterocycles. The third-order valence-electron chi connectivity index (χ3n) is 4.28. The summed E-state index contributed by atoms with van der Waals surface area (Å²) in [6.07, 6.45) is 6.01. The van der Waals surface area contributed by atoms with Gasteiger partial charge in [0.25, 0.3) is 0 Å². The SMILES string of the molecule is CC(C1CCCCC1)N1CCOC(C(=O)O)C1. The topological polar surface area (TPSA) is 49.8 Å². The molecular formula is C13H23NO3. The van der Waals surface area contributed by atoms with Gasteiger partial charge >= 0.3 is 5.97 Å². The van der Waals surface area contributed by atoms with Crippen molar-refractivity contribution in [3.8, 4) is 0 Å². The van der Waals surface area contributed by atoms with E-state index in [1.54, 1.807) is 0 Å². The molecule has 1 aliphatic carbocycles. The smallest absolute Gasteiger partial charge is 0.334 e. The zero-order chi connectivity index (χ0) is 12.3. The van der Waals surface area contributed by atoms with Gasteiger partial charge < -0.3 is 9.84 Å². The summed E-state index contributed by atoms with van der Waals surface area (Å²) in [6.45, 7) is 4.22. The van der Waals surface area contributed by atoms with Gasteiger partial charge in [-0.15, -0.1) is 0 Å². The van der Waals surface area contributed by atoms with Crippen LogP contribution in [0.25, 0.3) is 0 Å². The highest BCUT2D eigenvalue weighted by molar-refractivity contribution is 5.72. The molecule has 2 aliphatic rings. The molecule has 0 aromatic rings. The first-order chi connectivity index (χ1) is 8.18. The number of nitrogens with zero attached hydrogens (tertiary/aromatic N) is 1. The minimum absolute atomic E-state index is 0.501. The zero-order valence-corrected chi connectivity index (χ0v) is 10.6. The van der Waals surface area contributed by atoms with Crippen LogP contribution in [0.15, 0.2) is 0 Å². The van der Waals surface area contributed by atoms with Crippen molar-refractivity contribution in [2.45, 2.75) is 51.2 Å². The Morgan fingerprint density at radius 3 is 2.71 bits per heavy atom. The molecule has 1 saturated carbocycles. The molecule has 2 atom stereocenters. The fourth-order valence-corrected chi connectivity index (χ4v) is 3.10. The fourth-order valence-electron chi connectivity index (χ4n) is 3.10. The second-order valence-electron chi connectivity index (χ2n) is 5.33. The molecule has 17 heavy (non-hydrogen) atoms. The molecule has 1 aliphatic heterocycles. The minimum atomic E-state index is -0.828. The Balaban J connectivity index is 1.89. The highest BCUT2D eigenvalue weighted by Crippen LogP contribution is 2.29. The van der Waals surface area contributed by atoms with Crippen LogP contribution in [0.2, 0.25) is 0 Å². The van der Waals surface area contributed by atoms with Crippen LogP contribution >= 0.6 is 0 Å². The van der Waals surface area contributed by atoms with Crippen molar-refractivity contribution in [1.82, 2.24) is 4.90 Å². The molecule has 4 nitrogen and oxygen atoms in total. The summed E-state index contributed by atoms with van der Waals surface area (Å²) in [5.41, 5.74) is 0. The van der Waals surface area contributed by atoms with Crippen molar-refractivity contribution < 1.29 is 14.6 Å². The summed E-state index contributed by atoms with van der Waals surface area (Å²) in [4.78, 5) is 13.3. The maximum Gasteiger partial charge on any atom is 0.334 e. The first-order valence-electron chi connectivity index (χ1n) is 6.77. The number of carboxylic acids is 1. The second kappa shape index (κ2) is 5.83. The van der Waals surface area contributed by atoms with E-state index in [2.05, 4.69) is 11.8 Å². The van der Waals surface area contributed by atoms with Gasteiger partial charge in [0, 0.05) is 19.1 Å². The number of carboxylic acid groups (broad SMARTS) is 1. The number of aliphatic carboxylic acids is 1. The van der Waals surface area contributed by atoms with Gasteiger partial charge in [0.1, 0.15) is 0 Å². The van der Waals surface area contributed by atoms with Crippen LogP contribution in [-0.4, -0.2) is 47.8 Å². The average Bonchev–Trinajstić information content (AvgIpc) is 2.39. The summed E-state index contributed by atoms with van der Waals surface area (Å²) >= 11 is 0. The molecule has 98 valence electrons. The Morgan fingerprint density at radius 2 is 2.06 bits per heavy atom. The third kappa shape index (κ3) is 3.19. The lowest BCUT2D eigenvalue weighted by Crippen LogP contribution is -2.51. The Morgan fingerprint density at radius 1 is 1.35 bits per heavy atom. The lowest BCUT2D eigenvalue weighted by molar-refractivity contribution is -0.157. The van der Waals surface area contributed by atoms with E-state index in [4.69, 9.17) is 9.84 Å². The van der Waals surface area contributed by atoms with E-state index in [0.717, 1.165) is 12.5 Å². The third-order valence-corrected chi connectivity index (χ3v) is 4.28. The largest absolute Gasteiger partial charge is 0.479 e. The monoisotopic (exact) mass is 241 g/mol. The lowest BCUT2D eigenvalue weighted by Gasteiger charge is -2.40. The molecule has 1 heterocycles. The molecule has 0 amide bonds. The molecule has 0 aromatic carbocycles. The molecule has 2 unspecified atom stereocenters. The summed E-state index contributed by atoms with van der Waals surface area (Å²) in [5, 5.41) is 9.00. The number of rotatable bonds is 3. The number of carbonyl (C=O) groups is 1. The van der Waals surface area contributed by atoms with Gasteiger partial charge in [0.05, 0.1) is 6.61 Å². The molecule has 4 heteroatoms. The fraction of sp³-hybridized carbons (Fsp3) is 0.923. The van der Waals surface area contributed by atoms with E-state index in [1.807, 2.05) is 0 Å². The maximum atomic E-state index is 10.9. The quantitative estimate of drug-likeness (QED) is 0.817. The zero-order valence-electron chi connectivity index (χ0n) is 10.6. The van der Waals surface area contributed by atoms with Crippen molar-refractivity contribution in [1.29, 1.82) is 0 Å². The first-order valence-corrected chi connectivity index (χ1v) is 6.77. The van der Waals surface area contributed by atoms with E-state index in [-0.39, 0.29) is 0 Å². The Bertz CT molecular complexity index is 263. The molecule has 0 aromatic heterocycles. The normalized spacial score (nSPS) is 30.1. The number of ether oxygens (including phenoxy) is 1. The lowest BCUT2D eigenvalue weighted by atomic mass is 9.84. The van der Waals surface area contributed by atoms with Gasteiger partial charge in [-0.2, -0.15) is 0 Å². The Kier molecular flexibility index (Phi) is 4.40. The molecule has 0 radical (unpaired) electrons. The van der Waals surface area contributed by atoms with Crippen molar-refractivity contribution in [2.75, 3.05) is 19.7 Å². The van der Waals surface area contributed by atoms with Gasteiger partial charge in [0.15, 0.2) is 6.10 Å². The maximum absolute atomic E-state index is 10.9. The van der Waals surface area contributed by atoms with Crippen molar-refractivity contribution >= 4 is 5.97 Å². The van der Waals surface area contributed by atoms with Gasteiger partial charge in [-0.3, -0.25) is 4.90 Å². The minimum Gasteiger partial charge on any atom is -0.479 e. The van der Waals surface area contributed by atoms with E-state index < -0.39 is 12.1 Å². The highest BCUT2D eigenvalue weighted by atomic mass is 16.5. The Labute approximate surface area is 103 Å². The number of morpholine rings is 1. The molecule has 0 spiro atoms. The van der Waals surface area contributed by atoms with Crippen LogP contribution in [0.3, 0.4) is 0 Å². The average molecular weight is 241 g/mol. The van der Waals surface area contributed by atoms with Crippen LogP contribution in [0.1, 0.15) is 39.0 Å². The molecule has 0 bridgehead atoms. The van der Waals surface area contributed by atoms with Crippen LogP contribution < -0.4 is 0 Å². The number of hydrogen-bond acceptors (Lipinski definition) is 3. The summed E-state index contributed by atoms with van der Waals surface area (Å²) in [6, 6.07) is 0.501. The number of hydrogen-bond donors (Lipinski definition) is 1. The van der Waals surface area contributed by atoms with Crippen molar-refractivity contribution in [3.05, 3.63) is 0 Å². The standard InChI is InChI=1S/C13H23NO3/c1-10(11-5-3-2-4-6-11)14-7-8-17-12(9-14)13(15)16/h10-12H,2-9H2,1H3,(H,15,16). The molecule has 2 fully saturated rings. The summed E-state index contributed by atoms with van der Waals surface area (Å²) in [5.74, 6) is -0.0816. The highest BCUT2D eigenvalue weighted by Gasteiger charge is 2.32. The predicted molar refractivity (Wildman–Crippen MR) is 65.0 cm³/mol. The van der Waals surface area contributed by atoms with E-state index >= 15 is 0 Å². The molecule has 1 N–H and O–H groups in total. The van der Waals surface area contributed by atoms with E-state index in [9.17, 15) is 4.79 Å². The molecule has 2 rings (SSSR count). The summed E-state index contributed by atoms with van der Waals surface area (Å²) in [7, 11) is 0. The predicted octanol–water partition coefficient (Wildman–Crippen LogP) is 1.74. The van der Waals surface area contributed by atoms with E-state index in [1.165, 1.54) is 32.1 Å². The van der Waals surface area contributed by atoms with Gasteiger partial charge in [-0.25, -0.2) is 4.79 Å². The Hall–Kier alpha value is -0.610. The second-order valence-corrected chi connectivity index (χ2v) is 5.33. The van der Waals surface area contributed by atoms with Crippen molar-refractivity contribution in [2.24, 2.45) is 5.92 Å². The van der Waals surface area contributed by atoms with Gasteiger partial charge in [0.2, 0.25) is 0 Å². The van der Waals surface area contributed by atoms with E-state index in [0.29, 0.717) is 19.2 Å². The van der Waals surface area contributed by atoms with Crippen LogP contribution in [0.5, 0.6) is 0 Å². The van der Waals surface area contributed by atoms with Crippen LogP contribution in [-0.2, 0) is 9.53 Å². The summed E-state index contributed by atoms with van der Waals surface area (Å²) < 4.78 is 5.27.